The average Bonchev–Trinajstić information content (AvgIpc) is 2.79. The van der Waals surface area contributed by atoms with Crippen molar-refractivity contribution in [3.05, 3.63) is 65.0 Å². The van der Waals surface area contributed by atoms with Gasteiger partial charge in [0.2, 0.25) is 0 Å². The van der Waals surface area contributed by atoms with Crippen LogP contribution in [0, 0.1) is 12.7 Å². The number of nitrogens with one attached hydrogen (secondary N) is 2. The van der Waals surface area contributed by atoms with E-state index in [0.717, 1.165) is 49.7 Å². The van der Waals surface area contributed by atoms with Crippen molar-refractivity contribution in [2.24, 2.45) is 4.99 Å². The molecule has 1 heterocycles. The van der Waals surface area contributed by atoms with Gasteiger partial charge in [-0.25, -0.2) is 4.39 Å². The fourth-order valence-electron chi connectivity index (χ4n) is 3.44. The largest absolute Gasteiger partial charge is 0.492 e. The lowest BCUT2D eigenvalue weighted by atomic mass is 10.1. The van der Waals surface area contributed by atoms with E-state index in [1.807, 2.05) is 37.3 Å². The highest BCUT2D eigenvalue weighted by Crippen LogP contribution is 2.19. The van der Waals surface area contributed by atoms with Gasteiger partial charge in [-0.1, -0.05) is 30.3 Å². The van der Waals surface area contributed by atoms with E-state index in [4.69, 9.17) is 9.47 Å². The second-order valence-electron chi connectivity index (χ2n) is 7.71. The summed E-state index contributed by atoms with van der Waals surface area (Å²) in [6.45, 7) is 9.34. The molecule has 1 aliphatic heterocycles. The van der Waals surface area contributed by atoms with Gasteiger partial charge in [0.05, 0.1) is 19.3 Å². The second kappa shape index (κ2) is 11.7. The lowest BCUT2D eigenvalue weighted by Crippen LogP contribution is -2.39. The predicted octanol–water partition coefficient (Wildman–Crippen LogP) is 3.27. The minimum Gasteiger partial charge on any atom is -0.492 e. The van der Waals surface area contributed by atoms with Crippen molar-refractivity contribution in [1.29, 1.82) is 0 Å². The van der Waals surface area contributed by atoms with E-state index < -0.39 is 0 Å². The Morgan fingerprint density at radius 1 is 1.23 bits per heavy atom. The van der Waals surface area contributed by atoms with Crippen LogP contribution in [-0.4, -0.2) is 57.4 Å². The Labute approximate surface area is 184 Å². The molecule has 2 N–H and O–H groups in total. The van der Waals surface area contributed by atoms with Crippen LogP contribution in [0.2, 0.25) is 0 Å². The minimum absolute atomic E-state index is 0.0821. The number of nitrogens with zero attached hydrogens (tertiary/aromatic N) is 2. The number of halogens is 1. The Kier molecular flexibility index (Phi) is 8.67. The van der Waals surface area contributed by atoms with Crippen LogP contribution in [0.4, 0.5) is 4.39 Å². The third-order valence-corrected chi connectivity index (χ3v) is 5.46. The molecule has 2 aromatic carbocycles. The Hall–Kier alpha value is -2.64. The number of hydrogen-bond acceptors (Lipinski definition) is 4. The molecule has 31 heavy (non-hydrogen) atoms. The van der Waals surface area contributed by atoms with E-state index in [2.05, 4.69) is 20.5 Å². The molecular formula is C24H33FN4O2. The van der Waals surface area contributed by atoms with Crippen LogP contribution in [0.3, 0.4) is 0 Å². The van der Waals surface area contributed by atoms with Gasteiger partial charge in [0.25, 0.3) is 0 Å². The van der Waals surface area contributed by atoms with E-state index in [-0.39, 0.29) is 11.9 Å². The van der Waals surface area contributed by atoms with Crippen molar-refractivity contribution in [1.82, 2.24) is 15.5 Å². The monoisotopic (exact) mass is 428 g/mol. The summed E-state index contributed by atoms with van der Waals surface area (Å²) in [5.41, 5.74) is 2.57. The van der Waals surface area contributed by atoms with E-state index in [1.165, 1.54) is 0 Å². The summed E-state index contributed by atoms with van der Waals surface area (Å²) < 4.78 is 25.3. The molecule has 7 heteroatoms. The van der Waals surface area contributed by atoms with Crippen LogP contribution in [0.1, 0.15) is 29.7 Å². The first-order valence-corrected chi connectivity index (χ1v) is 10.8. The molecule has 168 valence electrons. The van der Waals surface area contributed by atoms with E-state index >= 15 is 0 Å². The van der Waals surface area contributed by atoms with Crippen LogP contribution in [0.5, 0.6) is 5.75 Å². The highest BCUT2D eigenvalue weighted by atomic mass is 19.1. The topological polar surface area (TPSA) is 58.1 Å². The molecule has 0 aliphatic carbocycles. The number of rotatable bonds is 8. The molecule has 3 rings (SSSR count). The van der Waals surface area contributed by atoms with Gasteiger partial charge in [-0.3, -0.25) is 9.89 Å². The van der Waals surface area contributed by atoms with Gasteiger partial charge >= 0.3 is 0 Å². The summed E-state index contributed by atoms with van der Waals surface area (Å²) in [5.74, 6) is 1.32. The third-order valence-electron chi connectivity index (χ3n) is 5.46. The van der Waals surface area contributed by atoms with Crippen LogP contribution < -0.4 is 15.4 Å². The smallest absolute Gasteiger partial charge is 0.191 e. The first kappa shape index (κ1) is 23.0. The molecule has 6 nitrogen and oxygen atoms in total. The number of para-hydroxylation sites is 1. The fraction of sp³-hybridized carbons (Fsp3) is 0.458. The lowest BCUT2D eigenvalue weighted by molar-refractivity contribution is 0.0322. The Bertz CT molecular complexity index is 868. The summed E-state index contributed by atoms with van der Waals surface area (Å²) in [6.07, 6.45) is 0. The summed E-state index contributed by atoms with van der Waals surface area (Å²) in [4.78, 5) is 6.66. The highest BCUT2D eigenvalue weighted by molar-refractivity contribution is 5.80. The number of ether oxygens (including phenoxy) is 2. The predicted molar refractivity (Wildman–Crippen MR) is 122 cm³/mol. The maximum absolute atomic E-state index is 13.9. The van der Waals surface area contributed by atoms with E-state index in [9.17, 15) is 4.39 Å². The van der Waals surface area contributed by atoms with Crippen LogP contribution in [-0.2, 0) is 11.3 Å². The first-order valence-electron chi connectivity index (χ1n) is 10.8. The Balaban J connectivity index is 1.52. The zero-order chi connectivity index (χ0) is 22.1. The van der Waals surface area contributed by atoms with Gasteiger partial charge in [-0.05, 0) is 37.1 Å². The fourth-order valence-corrected chi connectivity index (χ4v) is 3.44. The van der Waals surface area contributed by atoms with Gasteiger partial charge in [-0.2, -0.15) is 0 Å². The lowest BCUT2D eigenvalue weighted by Gasteiger charge is -2.26. The second-order valence-corrected chi connectivity index (χ2v) is 7.71. The molecule has 0 saturated carbocycles. The Morgan fingerprint density at radius 3 is 2.74 bits per heavy atom. The Morgan fingerprint density at radius 2 is 2.00 bits per heavy atom. The maximum Gasteiger partial charge on any atom is 0.191 e. The van der Waals surface area contributed by atoms with Crippen molar-refractivity contribution in [2.45, 2.75) is 26.4 Å². The molecule has 1 fully saturated rings. The van der Waals surface area contributed by atoms with E-state index in [1.54, 1.807) is 26.1 Å². The normalized spacial score (nSPS) is 16.1. The maximum atomic E-state index is 13.9. The highest BCUT2D eigenvalue weighted by Gasteiger charge is 2.12. The van der Waals surface area contributed by atoms with Crippen LogP contribution >= 0.6 is 0 Å². The van der Waals surface area contributed by atoms with Gasteiger partial charge < -0.3 is 20.1 Å². The minimum atomic E-state index is -0.197. The standard InChI is InChI=1S/C24H33FN4O2/c1-18-8-9-20(16-22(18)25)19(2)28-24(26-3)27-17-21-6-4-5-7-23(21)31-15-12-29-10-13-30-14-11-29/h4-9,16,19H,10-15,17H2,1-3H3,(H2,26,27,28). The quantitative estimate of drug-likeness (QED) is 0.499. The molecule has 1 aliphatic rings. The molecule has 0 aromatic heterocycles. The first-order chi connectivity index (χ1) is 15.1. The molecule has 1 unspecified atom stereocenters. The number of aliphatic imine (C=N–C) groups is 1. The van der Waals surface area contributed by atoms with Crippen LogP contribution in [0.15, 0.2) is 47.5 Å². The van der Waals surface area contributed by atoms with E-state index in [0.29, 0.717) is 24.7 Å². The zero-order valence-electron chi connectivity index (χ0n) is 18.7. The summed E-state index contributed by atoms with van der Waals surface area (Å²) in [7, 11) is 1.72. The number of aryl methyl sites for hydroxylation is 1. The van der Waals surface area contributed by atoms with Gasteiger partial charge in [0, 0.05) is 38.8 Å². The van der Waals surface area contributed by atoms with Gasteiger partial charge in [0.15, 0.2) is 5.96 Å². The van der Waals surface area contributed by atoms with Crippen molar-refractivity contribution >= 4 is 5.96 Å². The number of morpholine rings is 1. The summed E-state index contributed by atoms with van der Waals surface area (Å²) in [5, 5.41) is 6.65. The molecule has 1 atom stereocenters. The van der Waals surface area contributed by atoms with Crippen LogP contribution in [0.25, 0.3) is 0 Å². The summed E-state index contributed by atoms with van der Waals surface area (Å²) >= 11 is 0. The molecule has 2 aromatic rings. The van der Waals surface area contributed by atoms with Gasteiger partial charge in [-0.15, -0.1) is 0 Å². The third kappa shape index (κ3) is 6.94. The number of hydrogen-bond donors (Lipinski definition) is 2. The average molecular weight is 429 g/mol. The number of guanidine groups is 1. The SMILES string of the molecule is CN=C(NCc1ccccc1OCCN1CCOCC1)NC(C)c1ccc(C)c(F)c1. The summed E-state index contributed by atoms with van der Waals surface area (Å²) in [6, 6.07) is 13.2. The van der Waals surface area contributed by atoms with Crippen molar-refractivity contribution in [3.8, 4) is 5.75 Å². The molecular weight excluding hydrogens is 395 g/mol. The molecule has 0 radical (unpaired) electrons. The molecule has 0 amide bonds. The van der Waals surface area contributed by atoms with Gasteiger partial charge in [0.1, 0.15) is 18.2 Å². The number of benzene rings is 2. The van der Waals surface area contributed by atoms with Crippen molar-refractivity contribution < 1.29 is 13.9 Å². The zero-order valence-corrected chi connectivity index (χ0v) is 18.7. The van der Waals surface area contributed by atoms with Crippen molar-refractivity contribution in [3.63, 3.8) is 0 Å². The molecule has 1 saturated heterocycles. The van der Waals surface area contributed by atoms with Crippen molar-refractivity contribution in [2.75, 3.05) is 46.5 Å². The molecule has 0 spiro atoms. The molecule has 0 bridgehead atoms.